The summed E-state index contributed by atoms with van der Waals surface area (Å²) in [6.45, 7) is 9.77. The van der Waals surface area contributed by atoms with Gasteiger partial charge in [-0.15, -0.1) is 0 Å². The van der Waals surface area contributed by atoms with Gasteiger partial charge in [-0.1, -0.05) is 44.5 Å². The summed E-state index contributed by atoms with van der Waals surface area (Å²) in [5.74, 6) is 0.931. The van der Waals surface area contributed by atoms with E-state index in [1.54, 1.807) is 12.1 Å². The second kappa shape index (κ2) is 11.2. The Balaban J connectivity index is 1.52. The molecule has 1 atom stereocenters. The van der Waals surface area contributed by atoms with Gasteiger partial charge in [-0.25, -0.2) is 0 Å². The van der Waals surface area contributed by atoms with Crippen molar-refractivity contribution in [1.82, 2.24) is 9.80 Å². The molecule has 5 nitrogen and oxygen atoms in total. The molecule has 2 aliphatic rings. The number of carbonyl (C=O) groups excluding carboxylic acids is 2. The molecule has 0 N–H and O–H groups in total. The van der Waals surface area contributed by atoms with Crippen LogP contribution in [0, 0.1) is 5.41 Å². The minimum Gasteiger partial charge on any atom is -0.493 e. The van der Waals surface area contributed by atoms with E-state index in [1.165, 1.54) is 12.0 Å². The molecule has 36 heavy (non-hydrogen) atoms. The largest absolute Gasteiger partial charge is 0.493 e. The van der Waals surface area contributed by atoms with Crippen LogP contribution in [0.3, 0.4) is 0 Å². The highest BCUT2D eigenvalue weighted by atomic mass is 35.5. The van der Waals surface area contributed by atoms with E-state index in [0.29, 0.717) is 36.7 Å². The Morgan fingerprint density at radius 2 is 1.53 bits per heavy atom. The molecule has 0 bridgehead atoms. The van der Waals surface area contributed by atoms with Gasteiger partial charge in [0.05, 0.1) is 6.61 Å². The summed E-state index contributed by atoms with van der Waals surface area (Å²) in [6.07, 6.45) is 5.42. The van der Waals surface area contributed by atoms with Gasteiger partial charge in [0, 0.05) is 48.6 Å². The van der Waals surface area contributed by atoms with Crippen LogP contribution in [0.1, 0.15) is 75.2 Å². The SMILES string of the molecule is CC(C)(C)c1ccc(C(=O)N2CCC[C@@](COc3ccc(Cl)cc3)(CC(=O)N3CCCCC3)C2)cc1. The molecule has 194 valence electrons. The van der Waals surface area contributed by atoms with Crippen molar-refractivity contribution in [2.75, 3.05) is 32.8 Å². The fraction of sp³-hybridized carbons (Fsp3) is 0.533. The van der Waals surface area contributed by atoms with E-state index in [2.05, 4.69) is 20.8 Å². The van der Waals surface area contributed by atoms with Gasteiger partial charge in [0.15, 0.2) is 0 Å². The van der Waals surface area contributed by atoms with E-state index in [1.807, 2.05) is 46.2 Å². The molecule has 0 saturated carbocycles. The quantitative estimate of drug-likeness (QED) is 0.455. The summed E-state index contributed by atoms with van der Waals surface area (Å²) in [7, 11) is 0. The number of hydrogen-bond donors (Lipinski definition) is 0. The number of benzene rings is 2. The molecular weight excluding hydrogens is 472 g/mol. The van der Waals surface area contributed by atoms with E-state index in [0.717, 1.165) is 44.5 Å². The van der Waals surface area contributed by atoms with Crippen molar-refractivity contribution in [1.29, 1.82) is 0 Å². The molecular formula is C30H39ClN2O3. The molecule has 6 heteroatoms. The van der Waals surface area contributed by atoms with Crippen LogP contribution in [0.5, 0.6) is 5.75 Å². The van der Waals surface area contributed by atoms with E-state index < -0.39 is 5.41 Å². The minimum absolute atomic E-state index is 0.0245. The first-order valence-electron chi connectivity index (χ1n) is 13.2. The number of halogens is 1. The van der Waals surface area contributed by atoms with Crippen LogP contribution in [-0.4, -0.2) is 54.4 Å². The Morgan fingerprint density at radius 3 is 2.17 bits per heavy atom. The number of piperidine rings is 2. The van der Waals surface area contributed by atoms with Gasteiger partial charge in [0.1, 0.15) is 5.75 Å². The predicted molar refractivity (Wildman–Crippen MR) is 145 cm³/mol. The zero-order chi connectivity index (χ0) is 25.8. The lowest BCUT2D eigenvalue weighted by atomic mass is 9.77. The van der Waals surface area contributed by atoms with E-state index in [9.17, 15) is 9.59 Å². The van der Waals surface area contributed by atoms with Gasteiger partial charge >= 0.3 is 0 Å². The average molecular weight is 511 g/mol. The van der Waals surface area contributed by atoms with Gasteiger partial charge in [0.2, 0.25) is 5.91 Å². The molecule has 0 unspecified atom stereocenters. The lowest BCUT2D eigenvalue weighted by molar-refractivity contribution is -0.136. The van der Waals surface area contributed by atoms with Crippen LogP contribution in [-0.2, 0) is 10.2 Å². The predicted octanol–water partition coefficient (Wildman–Crippen LogP) is 6.34. The number of amides is 2. The molecule has 0 spiro atoms. The molecule has 2 saturated heterocycles. The summed E-state index contributed by atoms with van der Waals surface area (Å²) in [5.41, 5.74) is 1.51. The van der Waals surface area contributed by atoms with Crippen LogP contribution < -0.4 is 4.74 Å². The zero-order valence-corrected chi connectivity index (χ0v) is 22.7. The van der Waals surface area contributed by atoms with Crippen LogP contribution in [0.15, 0.2) is 48.5 Å². The number of nitrogens with zero attached hydrogens (tertiary/aromatic N) is 2. The monoisotopic (exact) mass is 510 g/mol. The number of hydrogen-bond acceptors (Lipinski definition) is 3. The molecule has 2 heterocycles. The number of ether oxygens (including phenoxy) is 1. The second-order valence-electron chi connectivity index (χ2n) is 11.5. The lowest BCUT2D eigenvalue weighted by Gasteiger charge is -2.43. The lowest BCUT2D eigenvalue weighted by Crippen LogP contribution is -2.51. The standard InChI is InChI=1S/C30H39ClN2O3/c1-29(2,3)24-10-8-23(9-11-24)28(35)33-19-7-16-30(21-33,20-27(34)32-17-5-4-6-18-32)22-36-26-14-12-25(31)13-15-26/h8-15H,4-7,16-22H2,1-3H3/t30-/m1/s1. The maximum atomic E-state index is 13.5. The van der Waals surface area contributed by atoms with Gasteiger partial charge in [-0.2, -0.15) is 0 Å². The fourth-order valence-electron chi connectivity index (χ4n) is 5.33. The fourth-order valence-corrected chi connectivity index (χ4v) is 5.46. The van der Waals surface area contributed by atoms with Crippen molar-refractivity contribution >= 4 is 23.4 Å². The van der Waals surface area contributed by atoms with Gasteiger partial charge < -0.3 is 14.5 Å². The molecule has 0 aliphatic carbocycles. The first-order valence-corrected chi connectivity index (χ1v) is 13.6. The van der Waals surface area contributed by atoms with Gasteiger partial charge in [-0.3, -0.25) is 9.59 Å². The molecule has 2 aliphatic heterocycles. The topological polar surface area (TPSA) is 49.9 Å². The smallest absolute Gasteiger partial charge is 0.253 e. The maximum Gasteiger partial charge on any atom is 0.253 e. The molecule has 4 rings (SSSR count). The summed E-state index contributed by atoms with van der Waals surface area (Å²) in [6, 6.07) is 15.3. The average Bonchev–Trinajstić information content (AvgIpc) is 2.88. The van der Waals surface area contributed by atoms with Crippen LogP contribution in [0.25, 0.3) is 0 Å². The Labute approximate surface area is 220 Å². The van der Waals surface area contributed by atoms with Crippen LogP contribution in [0.2, 0.25) is 5.02 Å². The van der Waals surface area contributed by atoms with E-state index in [-0.39, 0.29) is 17.2 Å². The third-order valence-corrected chi connectivity index (χ3v) is 7.79. The summed E-state index contributed by atoms with van der Waals surface area (Å²) < 4.78 is 6.21. The molecule has 2 amide bonds. The molecule has 0 aromatic heterocycles. The summed E-state index contributed by atoms with van der Waals surface area (Å²) >= 11 is 6.04. The highest BCUT2D eigenvalue weighted by molar-refractivity contribution is 6.30. The third-order valence-electron chi connectivity index (χ3n) is 7.54. The Kier molecular flexibility index (Phi) is 8.29. The van der Waals surface area contributed by atoms with E-state index in [4.69, 9.17) is 16.3 Å². The zero-order valence-electron chi connectivity index (χ0n) is 21.9. The van der Waals surface area contributed by atoms with Gasteiger partial charge in [-0.05, 0) is 79.5 Å². The Hall–Kier alpha value is -2.53. The molecule has 2 aromatic rings. The highest BCUT2D eigenvalue weighted by Crippen LogP contribution is 2.36. The molecule has 2 fully saturated rings. The summed E-state index contributed by atoms with van der Waals surface area (Å²) in [4.78, 5) is 30.8. The number of likely N-dealkylation sites (tertiary alicyclic amines) is 2. The van der Waals surface area contributed by atoms with E-state index >= 15 is 0 Å². The van der Waals surface area contributed by atoms with Crippen LogP contribution >= 0.6 is 11.6 Å². The minimum atomic E-state index is -0.423. The highest BCUT2D eigenvalue weighted by Gasteiger charge is 2.41. The van der Waals surface area contributed by atoms with Crippen molar-refractivity contribution in [2.24, 2.45) is 5.41 Å². The molecule has 0 radical (unpaired) electrons. The summed E-state index contributed by atoms with van der Waals surface area (Å²) in [5, 5.41) is 0.657. The maximum absolute atomic E-state index is 13.5. The van der Waals surface area contributed by atoms with Crippen LogP contribution in [0.4, 0.5) is 0 Å². The first-order chi connectivity index (χ1) is 17.2. The Morgan fingerprint density at radius 1 is 0.889 bits per heavy atom. The van der Waals surface area contributed by atoms with Crippen molar-refractivity contribution in [2.45, 2.75) is 64.7 Å². The van der Waals surface area contributed by atoms with Gasteiger partial charge in [0.25, 0.3) is 5.91 Å². The van der Waals surface area contributed by atoms with Crippen molar-refractivity contribution < 1.29 is 14.3 Å². The first kappa shape index (κ1) is 26.5. The number of rotatable bonds is 6. The normalized spacial score (nSPS) is 20.8. The Bertz CT molecular complexity index is 1040. The van der Waals surface area contributed by atoms with Crippen molar-refractivity contribution in [3.63, 3.8) is 0 Å². The second-order valence-corrected chi connectivity index (χ2v) is 12.0. The third kappa shape index (κ3) is 6.61. The number of carbonyl (C=O) groups is 2. The molecule has 2 aromatic carbocycles. The van der Waals surface area contributed by atoms with Crippen molar-refractivity contribution in [3.8, 4) is 5.75 Å². The van der Waals surface area contributed by atoms with Crippen molar-refractivity contribution in [3.05, 3.63) is 64.7 Å².